The highest BCUT2D eigenvalue weighted by Gasteiger charge is 2.18. The number of aldehydes is 1. The number of nitrogens with one attached hydrogen (secondary N) is 1. The maximum absolute atomic E-state index is 12.1. The van der Waals surface area contributed by atoms with E-state index in [-0.39, 0.29) is 5.43 Å². The number of likely N-dealkylation sites (tertiary alicyclic amines) is 1. The molecule has 1 fully saturated rings. The first-order valence-electron chi connectivity index (χ1n) is 10.0. The Balaban J connectivity index is 0.000000243. The van der Waals surface area contributed by atoms with Crippen molar-refractivity contribution in [3.8, 4) is 17.0 Å². The number of carbonyl (C=O) groups is 1. The van der Waals surface area contributed by atoms with Crippen LogP contribution >= 0.6 is 0 Å². The van der Waals surface area contributed by atoms with Crippen LogP contribution in [0.2, 0.25) is 0 Å². The van der Waals surface area contributed by atoms with E-state index >= 15 is 0 Å². The van der Waals surface area contributed by atoms with Gasteiger partial charge in [-0.15, -0.1) is 0 Å². The average molecular weight is 411 g/mol. The zero-order chi connectivity index (χ0) is 21.9. The third-order valence-electron chi connectivity index (χ3n) is 5.00. The maximum Gasteiger partial charge on any atom is 0.190 e. The maximum atomic E-state index is 12.1. The van der Waals surface area contributed by atoms with Gasteiger partial charge in [0.05, 0.1) is 19.2 Å². The van der Waals surface area contributed by atoms with Gasteiger partial charge in [-0.05, 0) is 51.1 Å². The highest BCUT2D eigenvalue weighted by atomic mass is 16.5. The fourth-order valence-electron chi connectivity index (χ4n) is 3.34. The molecule has 1 aromatic heterocycles. The van der Waals surface area contributed by atoms with E-state index in [0.29, 0.717) is 18.0 Å². The van der Waals surface area contributed by atoms with E-state index in [1.807, 2.05) is 36.4 Å². The zero-order valence-corrected chi connectivity index (χ0v) is 17.8. The second-order valence-corrected chi connectivity index (χ2v) is 7.02. The molecule has 0 spiro atoms. The molecule has 2 heterocycles. The smallest absolute Gasteiger partial charge is 0.190 e. The minimum Gasteiger partial charge on any atom is -0.497 e. The Morgan fingerprint density at radius 3 is 2.43 bits per heavy atom. The Bertz CT molecular complexity index is 985. The van der Waals surface area contributed by atoms with E-state index in [1.54, 1.807) is 25.3 Å². The summed E-state index contributed by atoms with van der Waals surface area (Å²) in [5.74, 6) is 0.730. The monoisotopic (exact) mass is 410 g/mol. The quantitative estimate of drug-likeness (QED) is 0.646. The molecule has 4 rings (SSSR count). The van der Waals surface area contributed by atoms with Gasteiger partial charge in [0.2, 0.25) is 0 Å². The van der Waals surface area contributed by atoms with Gasteiger partial charge in [0.15, 0.2) is 5.43 Å². The molecule has 6 nitrogen and oxygen atoms in total. The SMILES string of the molecule is CC=O.CN1CCCC1CO.COc1ccc2c(=O)cc(-c3ccccc3)[nH]c2c1. The van der Waals surface area contributed by atoms with Crippen LogP contribution in [0, 0.1) is 0 Å². The molecule has 0 amide bonds. The lowest BCUT2D eigenvalue weighted by molar-refractivity contribution is -0.106. The van der Waals surface area contributed by atoms with Crippen molar-refractivity contribution in [2.75, 3.05) is 27.3 Å². The van der Waals surface area contributed by atoms with Gasteiger partial charge in [-0.25, -0.2) is 0 Å². The largest absolute Gasteiger partial charge is 0.497 e. The van der Waals surface area contributed by atoms with Crippen molar-refractivity contribution in [1.82, 2.24) is 9.88 Å². The lowest BCUT2D eigenvalue weighted by atomic mass is 10.1. The van der Waals surface area contributed by atoms with Gasteiger partial charge < -0.3 is 24.5 Å². The zero-order valence-electron chi connectivity index (χ0n) is 17.8. The van der Waals surface area contributed by atoms with E-state index < -0.39 is 0 Å². The van der Waals surface area contributed by atoms with E-state index in [2.05, 4.69) is 16.9 Å². The van der Waals surface area contributed by atoms with Gasteiger partial charge in [-0.3, -0.25) is 4.79 Å². The number of ether oxygens (including phenoxy) is 1. The number of aromatic nitrogens is 1. The number of hydrogen-bond donors (Lipinski definition) is 2. The molecule has 2 aromatic carbocycles. The van der Waals surface area contributed by atoms with E-state index in [1.165, 1.54) is 19.8 Å². The number of aliphatic hydroxyl groups excluding tert-OH is 1. The van der Waals surface area contributed by atoms with Crippen molar-refractivity contribution in [3.05, 3.63) is 64.8 Å². The Morgan fingerprint density at radius 1 is 1.20 bits per heavy atom. The number of aliphatic hydroxyl groups is 1. The molecule has 1 unspecified atom stereocenters. The molecule has 0 radical (unpaired) electrons. The number of aromatic amines is 1. The summed E-state index contributed by atoms with van der Waals surface area (Å²) in [5.41, 5.74) is 2.59. The van der Waals surface area contributed by atoms with Gasteiger partial charge in [0, 0.05) is 29.3 Å². The average Bonchev–Trinajstić information content (AvgIpc) is 3.20. The van der Waals surface area contributed by atoms with Gasteiger partial charge in [-0.2, -0.15) is 0 Å². The fourth-order valence-corrected chi connectivity index (χ4v) is 3.34. The van der Waals surface area contributed by atoms with Crippen molar-refractivity contribution < 1.29 is 14.6 Å². The number of methoxy groups -OCH3 is 1. The second kappa shape index (κ2) is 11.9. The predicted molar refractivity (Wildman–Crippen MR) is 121 cm³/mol. The minimum atomic E-state index is 0.00950. The lowest BCUT2D eigenvalue weighted by Crippen LogP contribution is -2.27. The van der Waals surface area contributed by atoms with Gasteiger partial charge in [0.25, 0.3) is 0 Å². The number of pyridine rings is 1. The van der Waals surface area contributed by atoms with E-state index in [9.17, 15) is 4.79 Å². The Labute approximate surface area is 177 Å². The summed E-state index contributed by atoms with van der Waals surface area (Å²) in [6.07, 6.45) is 3.18. The molecular formula is C24H30N2O4. The lowest BCUT2D eigenvalue weighted by Gasteiger charge is -2.15. The predicted octanol–water partition coefficient (Wildman–Crippen LogP) is 3.48. The van der Waals surface area contributed by atoms with E-state index in [0.717, 1.165) is 35.4 Å². The Morgan fingerprint density at radius 2 is 1.90 bits per heavy atom. The number of hydrogen-bond acceptors (Lipinski definition) is 5. The van der Waals surface area contributed by atoms with Crippen molar-refractivity contribution in [3.63, 3.8) is 0 Å². The first-order valence-corrected chi connectivity index (χ1v) is 10.0. The standard InChI is InChI=1S/C16H13NO2.C6H13NO.C2H4O/c1-19-12-7-8-13-15(9-12)17-14(10-16(13)18)11-5-3-2-4-6-11;1-7-4-2-3-6(7)5-8;1-2-3/h2-10H,1H3,(H,17,18);6,8H,2-5H2,1H3;2H,1H3. The molecule has 6 heteroatoms. The molecule has 1 saturated heterocycles. The van der Waals surface area contributed by atoms with Crippen LogP contribution in [-0.4, -0.2) is 54.6 Å². The van der Waals surface area contributed by atoms with Crippen molar-refractivity contribution in [2.45, 2.75) is 25.8 Å². The number of carbonyl (C=O) groups excluding carboxylic acids is 1. The van der Waals surface area contributed by atoms with Crippen LogP contribution in [0.5, 0.6) is 5.75 Å². The second-order valence-electron chi connectivity index (χ2n) is 7.02. The molecule has 0 saturated carbocycles. The van der Waals surface area contributed by atoms with Crippen LogP contribution in [0.4, 0.5) is 0 Å². The van der Waals surface area contributed by atoms with Crippen molar-refractivity contribution >= 4 is 17.2 Å². The Kier molecular flexibility index (Phi) is 9.25. The summed E-state index contributed by atoms with van der Waals surface area (Å²) in [4.78, 5) is 26.4. The molecule has 1 atom stereocenters. The van der Waals surface area contributed by atoms with Crippen molar-refractivity contribution in [1.29, 1.82) is 0 Å². The third kappa shape index (κ3) is 6.27. The number of fused-ring (bicyclic) bond motifs is 1. The summed E-state index contributed by atoms with van der Waals surface area (Å²) in [6, 6.07) is 17.3. The summed E-state index contributed by atoms with van der Waals surface area (Å²) in [5, 5.41) is 9.36. The first kappa shape index (κ1) is 23.3. The highest BCUT2D eigenvalue weighted by molar-refractivity contribution is 5.82. The topological polar surface area (TPSA) is 82.6 Å². The van der Waals surface area contributed by atoms with Crippen LogP contribution in [0.15, 0.2) is 59.4 Å². The highest BCUT2D eigenvalue weighted by Crippen LogP contribution is 2.21. The molecule has 3 aromatic rings. The molecule has 2 N–H and O–H groups in total. The summed E-state index contributed by atoms with van der Waals surface area (Å²) < 4.78 is 5.19. The van der Waals surface area contributed by atoms with Gasteiger partial charge in [0.1, 0.15) is 12.0 Å². The van der Waals surface area contributed by atoms with Crippen LogP contribution in [-0.2, 0) is 4.79 Å². The summed E-state index contributed by atoms with van der Waals surface area (Å²) >= 11 is 0. The molecule has 1 aliphatic rings. The van der Waals surface area contributed by atoms with Gasteiger partial charge >= 0.3 is 0 Å². The number of benzene rings is 2. The molecule has 1 aliphatic heterocycles. The Hall–Kier alpha value is -2.96. The fraction of sp³-hybridized carbons (Fsp3) is 0.333. The normalized spacial score (nSPS) is 15.5. The van der Waals surface area contributed by atoms with Crippen LogP contribution < -0.4 is 10.2 Å². The summed E-state index contributed by atoms with van der Waals surface area (Å²) in [6.45, 7) is 2.93. The number of nitrogens with zero attached hydrogens (tertiary/aromatic N) is 1. The van der Waals surface area contributed by atoms with Crippen LogP contribution in [0.3, 0.4) is 0 Å². The van der Waals surface area contributed by atoms with Crippen LogP contribution in [0.1, 0.15) is 19.8 Å². The van der Waals surface area contributed by atoms with Crippen LogP contribution in [0.25, 0.3) is 22.2 Å². The first-order chi connectivity index (χ1) is 14.5. The molecule has 160 valence electrons. The third-order valence-corrected chi connectivity index (χ3v) is 5.00. The van der Waals surface area contributed by atoms with Gasteiger partial charge in [-0.1, -0.05) is 30.3 Å². The van der Waals surface area contributed by atoms with E-state index in [4.69, 9.17) is 14.6 Å². The number of rotatable bonds is 3. The van der Waals surface area contributed by atoms with Crippen molar-refractivity contribution in [2.24, 2.45) is 0 Å². The minimum absolute atomic E-state index is 0.00950. The molecule has 30 heavy (non-hydrogen) atoms. The summed E-state index contributed by atoms with van der Waals surface area (Å²) in [7, 11) is 3.67. The molecular weight excluding hydrogens is 380 g/mol. The molecule has 0 bridgehead atoms. The molecule has 0 aliphatic carbocycles. The number of likely N-dealkylation sites (N-methyl/N-ethyl adjacent to an activating group) is 1. The number of H-pyrrole nitrogens is 1.